The summed E-state index contributed by atoms with van der Waals surface area (Å²) in [5.41, 5.74) is 2.81. The third-order valence-electron chi connectivity index (χ3n) is 4.68. The molecule has 0 spiro atoms. The van der Waals surface area contributed by atoms with E-state index < -0.39 is 5.91 Å². The maximum atomic E-state index is 12.6. The van der Waals surface area contributed by atoms with Gasteiger partial charge in [0.1, 0.15) is 23.1 Å². The molecule has 0 aliphatic carbocycles. The second kappa shape index (κ2) is 10.7. The number of benzene rings is 2. The van der Waals surface area contributed by atoms with Gasteiger partial charge in [-0.15, -0.1) is 0 Å². The van der Waals surface area contributed by atoms with E-state index in [0.29, 0.717) is 43.2 Å². The van der Waals surface area contributed by atoms with E-state index in [4.69, 9.17) is 9.47 Å². The lowest BCUT2D eigenvalue weighted by Gasteiger charge is -2.13. The number of fused-ring (bicyclic) bond motifs is 1. The molecule has 1 aromatic heterocycles. The Kier molecular flexibility index (Phi) is 7.74. The molecule has 1 heterocycles. The fourth-order valence-corrected chi connectivity index (χ4v) is 3.73. The molecule has 0 radical (unpaired) electrons. The summed E-state index contributed by atoms with van der Waals surface area (Å²) in [6.45, 7) is 5.16. The van der Waals surface area contributed by atoms with Gasteiger partial charge < -0.3 is 19.8 Å². The lowest BCUT2D eigenvalue weighted by molar-refractivity contribution is -0.117. The maximum absolute atomic E-state index is 12.6. The van der Waals surface area contributed by atoms with Gasteiger partial charge >= 0.3 is 0 Å². The van der Waals surface area contributed by atoms with Crippen LogP contribution in [-0.4, -0.2) is 30.6 Å². The molecule has 0 saturated heterocycles. The molecule has 0 unspecified atom stereocenters. The van der Waals surface area contributed by atoms with Crippen molar-refractivity contribution in [2.75, 3.05) is 19.8 Å². The topological polar surface area (TPSA) is 87.1 Å². The Labute approximate surface area is 190 Å². The van der Waals surface area contributed by atoms with Gasteiger partial charge in [0.05, 0.1) is 17.7 Å². The Morgan fingerprint density at radius 2 is 1.94 bits per heavy atom. The Bertz CT molecular complexity index is 1140. The molecule has 0 fully saturated rings. The summed E-state index contributed by atoms with van der Waals surface area (Å²) in [5, 5.41) is 13.5. The highest BCUT2D eigenvalue weighted by atomic mass is 79.9. The number of rotatable bonds is 9. The number of amides is 1. The van der Waals surface area contributed by atoms with Gasteiger partial charge in [0.2, 0.25) is 0 Å². The number of nitrogens with zero attached hydrogens (tertiary/aromatic N) is 1. The molecule has 160 valence electrons. The van der Waals surface area contributed by atoms with Crippen molar-refractivity contribution in [3.8, 4) is 17.6 Å². The van der Waals surface area contributed by atoms with E-state index in [0.717, 1.165) is 20.9 Å². The summed E-state index contributed by atoms with van der Waals surface area (Å²) in [6.07, 6.45) is 4.14. The number of nitrogens with one attached hydrogen (secondary N) is 2. The highest BCUT2D eigenvalue weighted by Crippen LogP contribution is 2.34. The molecule has 0 atom stereocenters. The largest absolute Gasteiger partial charge is 0.493 e. The first-order valence-corrected chi connectivity index (χ1v) is 10.9. The predicted octanol–water partition coefficient (Wildman–Crippen LogP) is 4.99. The van der Waals surface area contributed by atoms with Crippen LogP contribution >= 0.6 is 15.9 Å². The van der Waals surface area contributed by atoms with Crippen molar-refractivity contribution in [3.63, 3.8) is 0 Å². The minimum absolute atomic E-state index is 0.0101. The zero-order valence-corrected chi connectivity index (χ0v) is 19.1. The molecule has 0 bridgehead atoms. The predicted molar refractivity (Wildman–Crippen MR) is 125 cm³/mol. The van der Waals surface area contributed by atoms with Crippen molar-refractivity contribution in [2.45, 2.75) is 20.3 Å². The molecular formula is C24H24BrN3O3. The van der Waals surface area contributed by atoms with Crippen molar-refractivity contribution >= 4 is 38.8 Å². The van der Waals surface area contributed by atoms with E-state index in [1.54, 1.807) is 12.1 Å². The summed E-state index contributed by atoms with van der Waals surface area (Å²) < 4.78 is 12.0. The first kappa shape index (κ1) is 22.4. The summed E-state index contributed by atoms with van der Waals surface area (Å²) in [6, 6.07) is 13.6. The van der Waals surface area contributed by atoms with Crippen LogP contribution in [0.3, 0.4) is 0 Å². The third-order valence-corrected chi connectivity index (χ3v) is 5.30. The average Bonchev–Trinajstić information content (AvgIpc) is 3.18. The van der Waals surface area contributed by atoms with Crippen LogP contribution in [0.25, 0.3) is 17.0 Å². The second-order valence-electron chi connectivity index (χ2n) is 6.72. The molecular weight excluding hydrogens is 458 g/mol. The normalized spacial score (nSPS) is 11.2. The first-order valence-electron chi connectivity index (χ1n) is 10.1. The first-order chi connectivity index (χ1) is 15.1. The maximum Gasteiger partial charge on any atom is 0.261 e. The van der Waals surface area contributed by atoms with Gasteiger partial charge in [0, 0.05) is 35.3 Å². The lowest BCUT2D eigenvalue weighted by atomic mass is 10.1. The minimum atomic E-state index is -0.421. The van der Waals surface area contributed by atoms with Crippen LogP contribution in [-0.2, 0) is 11.2 Å². The number of carbonyl (C=O) groups excluding carboxylic acids is 1. The number of aromatic amines is 1. The summed E-state index contributed by atoms with van der Waals surface area (Å²) in [5.74, 6) is 0.771. The van der Waals surface area contributed by atoms with Crippen LogP contribution in [0, 0.1) is 11.3 Å². The SMILES string of the molecule is CCOc1cc(OCC)c(/C=C(/C#N)C(=O)NCCc2c[nH]c3ccccc23)cc1Br. The van der Waals surface area contributed by atoms with Crippen LogP contribution in [0.2, 0.25) is 0 Å². The van der Waals surface area contributed by atoms with Crippen molar-refractivity contribution in [2.24, 2.45) is 0 Å². The van der Waals surface area contributed by atoms with Crippen molar-refractivity contribution in [1.82, 2.24) is 10.3 Å². The van der Waals surface area contributed by atoms with E-state index >= 15 is 0 Å². The van der Waals surface area contributed by atoms with Crippen LogP contribution in [0.15, 0.2) is 52.6 Å². The fourth-order valence-electron chi connectivity index (χ4n) is 3.26. The smallest absolute Gasteiger partial charge is 0.261 e. The Morgan fingerprint density at radius 1 is 1.19 bits per heavy atom. The van der Waals surface area contributed by atoms with Crippen LogP contribution < -0.4 is 14.8 Å². The number of carbonyl (C=O) groups is 1. The zero-order chi connectivity index (χ0) is 22.2. The molecule has 2 aromatic carbocycles. The average molecular weight is 482 g/mol. The van der Waals surface area contributed by atoms with Gasteiger partial charge in [-0.25, -0.2) is 0 Å². The summed E-state index contributed by atoms with van der Waals surface area (Å²) >= 11 is 3.47. The van der Waals surface area contributed by atoms with Gasteiger partial charge in [-0.2, -0.15) is 5.26 Å². The van der Waals surface area contributed by atoms with Gasteiger partial charge in [0.25, 0.3) is 5.91 Å². The Balaban J connectivity index is 1.74. The van der Waals surface area contributed by atoms with E-state index in [1.807, 2.05) is 50.4 Å². The lowest BCUT2D eigenvalue weighted by Crippen LogP contribution is -2.26. The molecule has 0 aliphatic rings. The molecule has 0 saturated carbocycles. The van der Waals surface area contributed by atoms with Crippen molar-refractivity contribution in [1.29, 1.82) is 5.26 Å². The van der Waals surface area contributed by atoms with E-state index in [-0.39, 0.29) is 5.57 Å². The number of aromatic nitrogens is 1. The third kappa shape index (κ3) is 5.47. The number of halogens is 1. The summed E-state index contributed by atoms with van der Waals surface area (Å²) in [4.78, 5) is 15.8. The number of H-pyrrole nitrogens is 1. The van der Waals surface area contributed by atoms with Crippen LogP contribution in [0.4, 0.5) is 0 Å². The van der Waals surface area contributed by atoms with Gasteiger partial charge in [0.15, 0.2) is 0 Å². The number of hydrogen-bond acceptors (Lipinski definition) is 4. The number of ether oxygens (including phenoxy) is 2. The fraction of sp³-hybridized carbons (Fsp3) is 0.250. The second-order valence-corrected chi connectivity index (χ2v) is 7.58. The quantitative estimate of drug-likeness (QED) is 0.332. The minimum Gasteiger partial charge on any atom is -0.493 e. The van der Waals surface area contributed by atoms with Crippen molar-refractivity contribution in [3.05, 3.63) is 63.8 Å². The standard InChI is InChI=1S/C24H24BrN3O3/c1-3-30-22-13-23(31-4-2)20(25)12-17(22)11-18(14-26)24(29)27-10-9-16-15-28-21-8-6-5-7-19(16)21/h5-8,11-13,15,28H,3-4,9-10H2,1-2H3,(H,27,29)/b18-11-. The molecule has 3 aromatic rings. The number of nitriles is 1. The molecule has 31 heavy (non-hydrogen) atoms. The van der Waals surface area contributed by atoms with E-state index in [1.165, 1.54) is 6.08 Å². The molecule has 6 nitrogen and oxygen atoms in total. The van der Waals surface area contributed by atoms with E-state index in [2.05, 4.69) is 26.2 Å². The molecule has 3 rings (SSSR count). The molecule has 1 amide bonds. The molecule has 0 aliphatic heterocycles. The van der Waals surface area contributed by atoms with E-state index in [9.17, 15) is 10.1 Å². The Hall–Kier alpha value is -3.24. The molecule has 2 N–H and O–H groups in total. The van der Waals surface area contributed by atoms with Crippen molar-refractivity contribution < 1.29 is 14.3 Å². The Morgan fingerprint density at radius 3 is 2.68 bits per heavy atom. The van der Waals surface area contributed by atoms with Gasteiger partial charge in [-0.05, 0) is 60.0 Å². The highest BCUT2D eigenvalue weighted by Gasteiger charge is 2.14. The highest BCUT2D eigenvalue weighted by molar-refractivity contribution is 9.10. The van der Waals surface area contributed by atoms with Crippen LogP contribution in [0.5, 0.6) is 11.5 Å². The van der Waals surface area contributed by atoms with Gasteiger partial charge in [-0.3, -0.25) is 4.79 Å². The van der Waals surface area contributed by atoms with Crippen LogP contribution in [0.1, 0.15) is 25.0 Å². The molecule has 7 heteroatoms. The number of hydrogen-bond donors (Lipinski definition) is 2. The monoisotopic (exact) mass is 481 g/mol. The summed E-state index contributed by atoms with van der Waals surface area (Å²) in [7, 11) is 0. The number of para-hydroxylation sites is 1. The van der Waals surface area contributed by atoms with Gasteiger partial charge in [-0.1, -0.05) is 18.2 Å². The zero-order valence-electron chi connectivity index (χ0n) is 17.5.